The van der Waals surface area contributed by atoms with Gasteiger partial charge in [-0.05, 0) is 18.4 Å². The van der Waals surface area contributed by atoms with Crippen LogP contribution in [0.25, 0.3) is 0 Å². The molecule has 1 atom stereocenters. The first-order valence-electron chi connectivity index (χ1n) is 3.12. The summed E-state index contributed by atoms with van der Waals surface area (Å²) >= 11 is 0. The van der Waals surface area contributed by atoms with Crippen LogP contribution in [0.15, 0.2) is 24.4 Å². The number of allylic oxidation sites excluding steroid dienone is 2. The minimum atomic E-state index is -4.59. The van der Waals surface area contributed by atoms with Gasteiger partial charge >= 0.3 is 6.18 Å². The van der Waals surface area contributed by atoms with Crippen molar-refractivity contribution < 1.29 is 13.2 Å². The highest BCUT2D eigenvalue weighted by Gasteiger charge is 2.54. The maximum atomic E-state index is 12.2. The maximum absolute atomic E-state index is 12.2. The highest BCUT2D eigenvalue weighted by Crippen LogP contribution is 2.32. The van der Waals surface area contributed by atoms with Crippen molar-refractivity contribution in [3.63, 3.8) is 0 Å². The Balaban J connectivity index is 3.02. The zero-order chi connectivity index (χ0) is 9.24. The van der Waals surface area contributed by atoms with Crippen molar-refractivity contribution in [2.24, 2.45) is 0 Å². The molecule has 0 aromatic heterocycles. The van der Waals surface area contributed by atoms with Gasteiger partial charge in [0.25, 0.3) is 0 Å². The minimum absolute atomic E-state index is 0.785. The Morgan fingerprint density at radius 3 is 2.25 bits per heavy atom. The standard InChI is InChI=1S/C7H5F3N2/c8-7(9,10)6(5-11)3-1-2-4-12-6/h1-4,12H. The predicted molar refractivity (Wildman–Crippen MR) is 35.8 cm³/mol. The third kappa shape index (κ3) is 1.16. The van der Waals surface area contributed by atoms with Gasteiger partial charge in [0.15, 0.2) is 0 Å². The fourth-order valence-corrected chi connectivity index (χ4v) is 0.792. The van der Waals surface area contributed by atoms with E-state index < -0.39 is 11.7 Å². The van der Waals surface area contributed by atoms with Gasteiger partial charge in [-0.3, -0.25) is 0 Å². The average Bonchev–Trinajstić information content (AvgIpc) is 2.04. The van der Waals surface area contributed by atoms with Gasteiger partial charge in [0.05, 0.1) is 0 Å². The minimum Gasteiger partial charge on any atom is -0.363 e. The Hall–Kier alpha value is -1.44. The van der Waals surface area contributed by atoms with Gasteiger partial charge in [-0.25, -0.2) is 0 Å². The Morgan fingerprint density at radius 1 is 1.33 bits per heavy atom. The molecule has 5 heteroatoms. The number of halogens is 3. The van der Waals surface area contributed by atoms with Crippen LogP contribution in [0.3, 0.4) is 0 Å². The monoisotopic (exact) mass is 174 g/mol. The normalized spacial score (nSPS) is 27.8. The Morgan fingerprint density at radius 2 is 2.00 bits per heavy atom. The average molecular weight is 174 g/mol. The summed E-state index contributed by atoms with van der Waals surface area (Å²) in [5.41, 5.74) is -2.55. The lowest BCUT2D eigenvalue weighted by Crippen LogP contribution is -2.52. The molecular weight excluding hydrogens is 169 g/mol. The predicted octanol–water partition coefficient (Wildman–Crippen LogP) is 1.48. The molecule has 0 aromatic carbocycles. The Bertz CT molecular complexity index is 271. The number of rotatable bonds is 0. The van der Waals surface area contributed by atoms with Gasteiger partial charge in [-0.1, -0.05) is 6.08 Å². The van der Waals surface area contributed by atoms with E-state index in [2.05, 4.69) is 0 Å². The summed E-state index contributed by atoms with van der Waals surface area (Å²) in [5.74, 6) is 0. The van der Waals surface area contributed by atoms with Crippen molar-refractivity contribution in [2.45, 2.75) is 11.7 Å². The van der Waals surface area contributed by atoms with Crippen molar-refractivity contribution in [3.8, 4) is 6.07 Å². The van der Waals surface area contributed by atoms with Crippen LogP contribution in [-0.4, -0.2) is 11.7 Å². The Kier molecular flexibility index (Phi) is 1.84. The van der Waals surface area contributed by atoms with Crippen LogP contribution in [0.5, 0.6) is 0 Å². The molecule has 0 radical (unpaired) electrons. The molecule has 0 saturated carbocycles. The van der Waals surface area contributed by atoms with E-state index in [0.29, 0.717) is 0 Å². The smallest absolute Gasteiger partial charge is 0.363 e. The first-order valence-corrected chi connectivity index (χ1v) is 3.12. The van der Waals surface area contributed by atoms with E-state index >= 15 is 0 Å². The first kappa shape index (κ1) is 8.65. The van der Waals surface area contributed by atoms with Gasteiger partial charge in [0, 0.05) is 0 Å². The number of dihydropyridines is 1. The number of hydrogen-bond acceptors (Lipinski definition) is 2. The first-order chi connectivity index (χ1) is 5.52. The number of nitrogens with one attached hydrogen (secondary N) is 1. The largest absolute Gasteiger partial charge is 0.428 e. The van der Waals surface area contributed by atoms with E-state index in [9.17, 15) is 13.2 Å². The van der Waals surface area contributed by atoms with Gasteiger partial charge < -0.3 is 5.32 Å². The SMILES string of the molecule is N#CC1(C(F)(F)F)C=CC=CN1. The zero-order valence-corrected chi connectivity index (χ0v) is 5.89. The van der Waals surface area contributed by atoms with E-state index in [0.717, 1.165) is 12.3 Å². The highest BCUT2D eigenvalue weighted by atomic mass is 19.4. The molecule has 0 fully saturated rings. The summed E-state index contributed by atoms with van der Waals surface area (Å²) in [6.45, 7) is 0. The number of nitriles is 1. The van der Waals surface area contributed by atoms with Gasteiger partial charge in [-0.15, -0.1) is 0 Å². The molecular formula is C7H5F3N2. The van der Waals surface area contributed by atoms with Crippen LogP contribution in [0.4, 0.5) is 13.2 Å². The van der Waals surface area contributed by atoms with Crippen molar-refractivity contribution in [3.05, 3.63) is 24.4 Å². The highest BCUT2D eigenvalue weighted by molar-refractivity contribution is 5.31. The Labute approximate surface area is 67.0 Å². The lowest BCUT2D eigenvalue weighted by Gasteiger charge is -2.27. The van der Waals surface area contributed by atoms with Crippen molar-refractivity contribution >= 4 is 0 Å². The number of nitrogens with zero attached hydrogens (tertiary/aromatic N) is 1. The molecule has 0 aliphatic carbocycles. The molecule has 0 amide bonds. The van der Waals surface area contributed by atoms with E-state index in [1.54, 1.807) is 0 Å². The molecule has 0 spiro atoms. The van der Waals surface area contributed by atoms with Crippen LogP contribution in [-0.2, 0) is 0 Å². The molecule has 1 N–H and O–H groups in total. The fourth-order valence-electron chi connectivity index (χ4n) is 0.792. The molecule has 0 aromatic rings. The summed E-state index contributed by atoms with van der Waals surface area (Å²) in [5, 5.41) is 10.3. The van der Waals surface area contributed by atoms with Crippen molar-refractivity contribution in [1.82, 2.24) is 5.32 Å². The van der Waals surface area contributed by atoms with E-state index in [4.69, 9.17) is 5.26 Å². The second kappa shape index (κ2) is 2.55. The van der Waals surface area contributed by atoms with Crippen LogP contribution in [0.1, 0.15) is 0 Å². The number of hydrogen-bond donors (Lipinski definition) is 1. The van der Waals surface area contributed by atoms with Crippen molar-refractivity contribution in [1.29, 1.82) is 5.26 Å². The second-order valence-electron chi connectivity index (χ2n) is 2.28. The zero-order valence-electron chi connectivity index (χ0n) is 5.89. The van der Waals surface area contributed by atoms with Crippen LogP contribution < -0.4 is 5.32 Å². The molecule has 1 aliphatic rings. The summed E-state index contributed by atoms with van der Waals surface area (Å²) < 4.78 is 36.7. The van der Waals surface area contributed by atoms with Gasteiger partial charge in [0.2, 0.25) is 5.54 Å². The maximum Gasteiger partial charge on any atom is 0.428 e. The number of alkyl halides is 3. The molecule has 64 valence electrons. The van der Waals surface area contributed by atoms with Crippen molar-refractivity contribution in [2.75, 3.05) is 0 Å². The van der Waals surface area contributed by atoms with E-state index in [1.165, 1.54) is 18.2 Å². The van der Waals surface area contributed by atoms with Crippen LogP contribution >= 0.6 is 0 Å². The van der Waals surface area contributed by atoms with Gasteiger partial charge in [0.1, 0.15) is 6.07 Å². The molecule has 1 unspecified atom stereocenters. The molecule has 1 aliphatic heterocycles. The molecule has 0 bridgehead atoms. The van der Waals surface area contributed by atoms with E-state index in [-0.39, 0.29) is 0 Å². The van der Waals surface area contributed by atoms with E-state index in [1.807, 2.05) is 5.32 Å². The summed E-state index contributed by atoms with van der Waals surface area (Å²) in [6, 6.07) is 1.18. The third-order valence-corrected chi connectivity index (χ3v) is 1.49. The van der Waals surface area contributed by atoms with Crippen LogP contribution in [0, 0.1) is 11.3 Å². The summed E-state index contributed by atoms with van der Waals surface area (Å²) in [6.07, 6.45) is -0.138. The topological polar surface area (TPSA) is 35.8 Å². The lowest BCUT2D eigenvalue weighted by molar-refractivity contribution is -0.162. The molecule has 1 heterocycles. The molecule has 1 rings (SSSR count). The van der Waals surface area contributed by atoms with Crippen LogP contribution in [0.2, 0.25) is 0 Å². The molecule has 0 saturated heterocycles. The summed E-state index contributed by atoms with van der Waals surface area (Å²) in [7, 11) is 0. The second-order valence-corrected chi connectivity index (χ2v) is 2.28. The fraction of sp³-hybridized carbons (Fsp3) is 0.286. The lowest BCUT2D eigenvalue weighted by atomic mass is 9.99. The van der Waals surface area contributed by atoms with Gasteiger partial charge in [-0.2, -0.15) is 18.4 Å². The third-order valence-electron chi connectivity index (χ3n) is 1.49. The molecule has 12 heavy (non-hydrogen) atoms. The quantitative estimate of drug-likeness (QED) is 0.603. The summed E-state index contributed by atoms with van der Waals surface area (Å²) in [4.78, 5) is 0. The molecule has 2 nitrogen and oxygen atoms in total.